The van der Waals surface area contributed by atoms with Gasteiger partial charge in [0.1, 0.15) is 5.69 Å². The van der Waals surface area contributed by atoms with Gasteiger partial charge in [-0.1, -0.05) is 0 Å². The van der Waals surface area contributed by atoms with Crippen LogP contribution in [0.1, 0.15) is 43.2 Å². The van der Waals surface area contributed by atoms with Gasteiger partial charge in [0.25, 0.3) is 0 Å². The molecule has 5 heteroatoms. The normalized spacial score (nSPS) is 20.8. The third kappa shape index (κ3) is 3.04. The second-order valence-electron chi connectivity index (χ2n) is 5.55. The van der Waals surface area contributed by atoms with Gasteiger partial charge in [0.15, 0.2) is 0 Å². The number of aromatic carboxylic acids is 1. The summed E-state index contributed by atoms with van der Waals surface area (Å²) in [5.41, 5.74) is 0.391. The first-order valence-electron chi connectivity index (χ1n) is 7.21. The molecule has 5 nitrogen and oxygen atoms in total. The molecule has 2 atom stereocenters. The number of carboxylic acids is 1. The van der Waals surface area contributed by atoms with Crippen LogP contribution in [0.5, 0.6) is 0 Å². The standard InChI is InChI=1S/C15H24N2O3/c1-11(12(2)20-3)16-9-6-13(7-10-16)17-8-4-5-14(17)15(18)19/h4-5,8,11-13H,6-7,9-10H2,1-3H3,(H,18,19). The van der Waals surface area contributed by atoms with Gasteiger partial charge in [-0.15, -0.1) is 0 Å². The molecule has 0 radical (unpaired) electrons. The SMILES string of the molecule is COC(C)C(C)N1CCC(n2cccc2C(=O)O)CC1. The Kier molecular flexibility index (Phi) is 4.83. The van der Waals surface area contributed by atoms with Crippen molar-refractivity contribution in [2.75, 3.05) is 20.2 Å². The Morgan fingerprint density at radius 2 is 2.05 bits per heavy atom. The summed E-state index contributed by atoms with van der Waals surface area (Å²) in [5.74, 6) is -0.848. The fraction of sp³-hybridized carbons (Fsp3) is 0.667. The van der Waals surface area contributed by atoms with Crippen LogP contribution >= 0.6 is 0 Å². The first-order chi connectivity index (χ1) is 9.54. The molecule has 2 unspecified atom stereocenters. The van der Waals surface area contributed by atoms with Crippen LogP contribution in [0.15, 0.2) is 18.3 Å². The van der Waals surface area contributed by atoms with Crippen LogP contribution in [-0.2, 0) is 4.74 Å². The second-order valence-corrected chi connectivity index (χ2v) is 5.55. The molecule has 112 valence electrons. The highest BCUT2D eigenvalue weighted by atomic mass is 16.5. The third-order valence-corrected chi connectivity index (χ3v) is 4.52. The molecule has 0 saturated carbocycles. The van der Waals surface area contributed by atoms with Gasteiger partial charge in [0, 0.05) is 38.5 Å². The minimum atomic E-state index is -0.848. The number of hydrogen-bond donors (Lipinski definition) is 1. The van der Waals surface area contributed by atoms with Crippen LogP contribution < -0.4 is 0 Å². The van der Waals surface area contributed by atoms with E-state index >= 15 is 0 Å². The number of carboxylic acid groups (broad SMARTS) is 1. The Morgan fingerprint density at radius 1 is 1.40 bits per heavy atom. The number of aromatic nitrogens is 1. The molecule has 0 aromatic carbocycles. The van der Waals surface area contributed by atoms with Gasteiger partial charge in [-0.3, -0.25) is 4.90 Å². The molecule has 1 aromatic rings. The van der Waals surface area contributed by atoms with Crippen molar-refractivity contribution in [1.82, 2.24) is 9.47 Å². The number of carbonyl (C=O) groups is 1. The monoisotopic (exact) mass is 280 g/mol. The van der Waals surface area contributed by atoms with E-state index < -0.39 is 5.97 Å². The predicted molar refractivity (Wildman–Crippen MR) is 77.2 cm³/mol. The van der Waals surface area contributed by atoms with Gasteiger partial charge in [-0.25, -0.2) is 4.79 Å². The lowest BCUT2D eigenvalue weighted by Gasteiger charge is -2.38. The number of ether oxygens (including phenoxy) is 1. The predicted octanol–water partition coefficient (Wildman–Crippen LogP) is 2.25. The lowest BCUT2D eigenvalue weighted by Crippen LogP contribution is -2.45. The summed E-state index contributed by atoms with van der Waals surface area (Å²) in [6.45, 7) is 6.24. The highest BCUT2D eigenvalue weighted by Crippen LogP contribution is 2.26. The zero-order valence-corrected chi connectivity index (χ0v) is 12.5. The molecule has 1 fully saturated rings. The summed E-state index contributed by atoms with van der Waals surface area (Å²) in [7, 11) is 1.74. The average Bonchev–Trinajstić information content (AvgIpc) is 2.95. The van der Waals surface area contributed by atoms with E-state index in [1.807, 2.05) is 16.8 Å². The van der Waals surface area contributed by atoms with Crippen molar-refractivity contribution in [1.29, 1.82) is 0 Å². The van der Waals surface area contributed by atoms with E-state index in [9.17, 15) is 9.90 Å². The maximum Gasteiger partial charge on any atom is 0.352 e. The van der Waals surface area contributed by atoms with E-state index in [0.29, 0.717) is 11.7 Å². The molecule has 2 heterocycles. The number of likely N-dealkylation sites (tertiary alicyclic amines) is 1. The van der Waals surface area contributed by atoms with Gasteiger partial charge in [-0.05, 0) is 38.8 Å². The fourth-order valence-corrected chi connectivity index (χ4v) is 2.96. The zero-order chi connectivity index (χ0) is 14.7. The van der Waals surface area contributed by atoms with Crippen molar-refractivity contribution in [3.8, 4) is 0 Å². The molecule has 20 heavy (non-hydrogen) atoms. The molecule has 1 saturated heterocycles. The summed E-state index contributed by atoms with van der Waals surface area (Å²) in [6, 6.07) is 4.16. The number of piperidine rings is 1. The van der Waals surface area contributed by atoms with Gasteiger partial charge in [-0.2, -0.15) is 0 Å². The Hall–Kier alpha value is -1.33. The maximum absolute atomic E-state index is 11.2. The summed E-state index contributed by atoms with van der Waals surface area (Å²) in [6.07, 6.45) is 4.06. The van der Waals surface area contributed by atoms with Crippen molar-refractivity contribution in [2.45, 2.75) is 44.9 Å². The second kappa shape index (κ2) is 6.41. The molecule has 1 aliphatic rings. The summed E-state index contributed by atoms with van der Waals surface area (Å²) in [4.78, 5) is 13.6. The van der Waals surface area contributed by atoms with Crippen LogP contribution in [0, 0.1) is 0 Å². The lowest BCUT2D eigenvalue weighted by molar-refractivity contribution is 0.0193. The first kappa shape index (κ1) is 15.1. The van der Waals surface area contributed by atoms with Crippen LogP contribution in [0.25, 0.3) is 0 Å². The minimum Gasteiger partial charge on any atom is -0.477 e. The Morgan fingerprint density at radius 3 is 2.60 bits per heavy atom. The minimum absolute atomic E-state index is 0.215. The topological polar surface area (TPSA) is 54.7 Å². The number of rotatable bonds is 5. The van der Waals surface area contributed by atoms with Crippen LogP contribution in [0.2, 0.25) is 0 Å². The average molecular weight is 280 g/mol. The van der Waals surface area contributed by atoms with E-state index in [1.54, 1.807) is 13.2 Å². The van der Waals surface area contributed by atoms with Gasteiger partial charge >= 0.3 is 5.97 Å². The molecule has 1 N–H and O–H groups in total. The highest BCUT2D eigenvalue weighted by Gasteiger charge is 2.27. The number of methoxy groups -OCH3 is 1. The van der Waals surface area contributed by atoms with Gasteiger partial charge < -0.3 is 14.4 Å². The molecule has 0 amide bonds. The Balaban J connectivity index is 1.97. The van der Waals surface area contributed by atoms with Crippen molar-refractivity contribution in [3.63, 3.8) is 0 Å². The largest absolute Gasteiger partial charge is 0.477 e. The van der Waals surface area contributed by atoms with Gasteiger partial charge in [0.2, 0.25) is 0 Å². The zero-order valence-electron chi connectivity index (χ0n) is 12.5. The van der Waals surface area contributed by atoms with E-state index in [-0.39, 0.29) is 12.1 Å². The third-order valence-electron chi connectivity index (χ3n) is 4.52. The summed E-state index contributed by atoms with van der Waals surface area (Å²) < 4.78 is 7.30. The van der Waals surface area contributed by atoms with E-state index in [0.717, 1.165) is 25.9 Å². The molecular weight excluding hydrogens is 256 g/mol. The molecule has 2 rings (SSSR count). The molecule has 1 aliphatic heterocycles. The van der Waals surface area contributed by atoms with E-state index in [1.165, 1.54) is 0 Å². The highest BCUT2D eigenvalue weighted by molar-refractivity contribution is 5.85. The molecular formula is C15H24N2O3. The summed E-state index contributed by atoms with van der Waals surface area (Å²) in [5, 5.41) is 9.18. The number of nitrogens with zero attached hydrogens (tertiary/aromatic N) is 2. The van der Waals surface area contributed by atoms with Crippen molar-refractivity contribution in [3.05, 3.63) is 24.0 Å². The van der Waals surface area contributed by atoms with E-state index in [2.05, 4.69) is 18.7 Å². The van der Waals surface area contributed by atoms with Crippen LogP contribution in [0.3, 0.4) is 0 Å². The maximum atomic E-state index is 11.2. The number of hydrogen-bond acceptors (Lipinski definition) is 3. The molecule has 1 aromatic heterocycles. The van der Waals surface area contributed by atoms with Crippen molar-refractivity contribution >= 4 is 5.97 Å². The smallest absolute Gasteiger partial charge is 0.352 e. The Labute approximate surface area is 120 Å². The fourth-order valence-electron chi connectivity index (χ4n) is 2.96. The van der Waals surface area contributed by atoms with Crippen molar-refractivity contribution < 1.29 is 14.6 Å². The molecule has 0 spiro atoms. The van der Waals surface area contributed by atoms with Gasteiger partial charge in [0.05, 0.1) is 6.10 Å². The van der Waals surface area contributed by atoms with Crippen LogP contribution in [0.4, 0.5) is 0 Å². The van der Waals surface area contributed by atoms with Crippen LogP contribution in [-0.4, -0.2) is 52.9 Å². The molecule has 0 bridgehead atoms. The molecule has 0 aliphatic carbocycles. The first-order valence-corrected chi connectivity index (χ1v) is 7.21. The quantitative estimate of drug-likeness (QED) is 0.898. The summed E-state index contributed by atoms with van der Waals surface area (Å²) >= 11 is 0. The lowest BCUT2D eigenvalue weighted by atomic mass is 10.0. The van der Waals surface area contributed by atoms with E-state index in [4.69, 9.17) is 4.74 Å². The van der Waals surface area contributed by atoms with Crippen molar-refractivity contribution in [2.24, 2.45) is 0 Å². The Bertz CT molecular complexity index is 450.